The Labute approximate surface area is 124 Å². The number of nitrogens with one attached hydrogen (secondary N) is 1. The molecule has 0 unspecified atom stereocenters. The summed E-state index contributed by atoms with van der Waals surface area (Å²) in [4.78, 5) is 8.48. The summed E-state index contributed by atoms with van der Waals surface area (Å²) in [6.45, 7) is 0.720. The smallest absolute Gasteiger partial charge is 0.237 e. The standard InChI is InChI=1S/C14H13BrFN3O/c15-12-5-9(16)1-4-13(12)20-14-8-18-11(7-19-14)6-17-10-2-3-10/h1,4-5,7-8,10,17H,2-3,6H2. The second-order valence-electron chi connectivity index (χ2n) is 4.68. The first kappa shape index (κ1) is 13.5. The van der Waals surface area contributed by atoms with Gasteiger partial charge in [0.1, 0.15) is 11.6 Å². The van der Waals surface area contributed by atoms with Gasteiger partial charge in [-0.1, -0.05) is 0 Å². The Morgan fingerprint density at radius 2 is 2.15 bits per heavy atom. The summed E-state index contributed by atoms with van der Waals surface area (Å²) >= 11 is 3.24. The van der Waals surface area contributed by atoms with E-state index in [2.05, 4.69) is 31.2 Å². The van der Waals surface area contributed by atoms with E-state index in [1.165, 1.54) is 25.0 Å². The molecule has 0 spiro atoms. The van der Waals surface area contributed by atoms with E-state index in [4.69, 9.17) is 4.74 Å². The van der Waals surface area contributed by atoms with Crippen molar-refractivity contribution in [1.82, 2.24) is 15.3 Å². The molecule has 1 aromatic heterocycles. The first-order valence-corrected chi connectivity index (χ1v) is 7.17. The van der Waals surface area contributed by atoms with E-state index in [1.54, 1.807) is 18.5 Å². The Morgan fingerprint density at radius 3 is 2.80 bits per heavy atom. The van der Waals surface area contributed by atoms with Gasteiger partial charge in [-0.25, -0.2) is 9.37 Å². The Kier molecular flexibility index (Phi) is 3.93. The fourth-order valence-corrected chi connectivity index (χ4v) is 2.13. The van der Waals surface area contributed by atoms with Gasteiger partial charge in [0.2, 0.25) is 5.88 Å². The third-order valence-corrected chi connectivity index (χ3v) is 3.56. The van der Waals surface area contributed by atoms with Crippen molar-refractivity contribution in [3.05, 3.63) is 46.6 Å². The summed E-state index contributed by atoms with van der Waals surface area (Å²) < 4.78 is 19.1. The van der Waals surface area contributed by atoms with E-state index in [9.17, 15) is 4.39 Å². The van der Waals surface area contributed by atoms with Gasteiger partial charge in [0, 0.05) is 12.6 Å². The molecule has 0 bridgehead atoms. The van der Waals surface area contributed by atoms with Crippen molar-refractivity contribution < 1.29 is 9.13 Å². The van der Waals surface area contributed by atoms with E-state index in [1.807, 2.05) is 0 Å². The molecule has 1 fully saturated rings. The van der Waals surface area contributed by atoms with E-state index in [-0.39, 0.29) is 5.82 Å². The topological polar surface area (TPSA) is 47.0 Å². The third kappa shape index (κ3) is 3.52. The molecule has 1 saturated carbocycles. The summed E-state index contributed by atoms with van der Waals surface area (Å²) in [5.74, 6) is 0.564. The van der Waals surface area contributed by atoms with Crippen LogP contribution in [-0.4, -0.2) is 16.0 Å². The molecule has 20 heavy (non-hydrogen) atoms. The maximum atomic E-state index is 13.0. The van der Waals surface area contributed by atoms with Gasteiger partial charge in [-0.3, -0.25) is 4.98 Å². The maximum absolute atomic E-state index is 13.0. The van der Waals surface area contributed by atoms with Gasteiger partial charge in [-0.15, -0.1) is 0 Å². The van der Waals surface area contributed by atoms with Gasteiger partial charge in [-0.05, 0) is 47.0 Å². The number of rotatable bonds is 5. The number of ether oxygens (including phenoxy) is 1. The number of hydrogen-bond acceptors (Lipinski definition) is 4. The molecule has 3 rings (SSSR count). The van der Waals surface area contributed by atoms with Crippen LogP contribution >= 0.6 is 15.9 Å². The number of halogens is 2. The summed E-state index contributed by atoms with van der Waals surface area (Å²) in [5.41, 5.74) is 0.877. The molecule has 104 valence electrons. The van der Waals surface area contributed by atoms with Crippen LogP contribution in [0.5, 0.6) is 11.6 Å². The lowest BCUT2D eigenvalue weighted by Gasteiger charge is -2.07. The first-order chi connectivity index (χ1) is 9.70. The summed E-state index contributed by atoms with van der Waals surface area (Å²) in [6.07, 6.45) is 5.74. The Hall–Kier alpha value is -1.53. The molecule has 4 nitrogen and oxygen atoms in total. The van der Waals surface area contributed by atoms with Crippen LogP contribution in [0.1, 0.15) is 18.5 Å². The van der Waals surface area contributed by atoms with Crippen LogP contribution in [0.15, 0.2) is 35.1 Å². The summed E-state index contributed by atoms with van der Waals surface area (Å²) in [7, 11) is 0. The predicted molar refractivity (Wildman–Crippen MR) is 76.1 cm³/mol. The minimum Gasteiger partial charge on any atom is -0.436 e. The fraction of sp³-hybridized carbons (Fsp3) is 0.286. The fourth-order valence-electron chi connectivity index (χ4n) is 1.69. The van der Waals surface area contributed by atoms with Crippen LogP contribution in [0, 0.1) is 5.82 Å². The molecule has 1 N–H and O–H groups in total. The molecule has 0 amide bonds. The molecule has 1 heterocycles. The van der Waals surface area contributed by atoms with Crippen molar-refractivity contribution in [3.63, 3.8) is 0 Å². The third-order valence-electron chi connectivity index (χ3n) is 2.94. The van der Waals surface area contributed by atoms with Gasteiger partial charge in [0.05, 0.1) is 22.6 Å². The van der Waals surface area contributed by atoms with Crippen molar-refractivity contribution >= 4 is 15.9 Å². The molecule has 1 aliphatic rings. The number of hydrogen-bond donors (Lipinski definition) is 1. The zero-order valence-electron chi connectivity index (χ0n) is 10.6. The molecule has 6 heteroatoms. The second kappa shape index (κ2) is 5.85. The van der Waals surface area contributed by atoms with E-state index in [0.29, 0.717) is 22.1 Å². The highest BCUT2D eigenvalue weighted by atomic mass is 79.9. The molecule has 0 radical (unpaired) electrons. The van der Waals surface area contributed by atoms with Gasteiger partial charge in [0.25, 0.3) is 0 Å². The monoisotopic (exact) mass is 337 g/mol. The molecule has 2 aromatic rings. The largest absolute Gasteiger partial charge is 0.436 e. The minimum absolute atomic E-state index is 0.322. The molecular weight excluding hydrogens is 325 g/mol. The predicted octanol–water partition coefficient (Wildman–Crippen LogP) is 3.42. The first-order valence-electron chi connectivity index (χ1n) is 6.38. The Bertz CT molecular complexity index is 602. The average Bonchev–Trinajstić information content (AvgIpc) is 3.25. The van der Waals surface area contributed by atoms with Crippen LogP contribution in [0.2, 0.25) is 0 Å². The highest BCUT2D eigenvalue weighted by molar-refractivity contribution is 9.10. The van der Waals surface area contributed by atoms with Crippen molar-refractivity contribution in [3.8, 4) is 11.6 Å². The number of aromatic nitrogens is 2. The molecule has 0 saturated heterocycles. The highest BCUT2D eigenvalue weighted by Crippen LogP contribution is 2.29. The van der Waals surface area contributed by atoms with Crippen molar-refractivity contribution in [2.24, 2.45) is 0 Å². The molecule has 1 aromatic carbocycles. The molecular formula is C14H13BrFN3O. The molecule has 0 aliphatic heterocycles. The molecule has 0 atom stereocenters. The van der Waals surface area contributed by atoms with Gasteiger partial charge in [-0.2, -0.15) is 0 Å². The molecule has 1 aliphatic carbocycles. The highest BCUT2D eigenvalue weighted by Gasteiger charge is 2.20. The minimum atomic E-state index is -0.322. The van der Waals surface area contributed by atoms with Gasteiger partial charge >= 0.3 is 0 Å². The zero-order chi connectivity index (χ0) is 13.9. The lowest BCUT2D eigenvalue weighted by molar-refractivity contribution is 0.454. The van der Waals surface area contributed by atoms with E-state index < -0.39 is 0 Å². The lowest BCUT2D eigenvalue weighted by atomic mass is 10.3. The van der Waals surface area contributed by atoms with Crippen LogP contribution in [-0.2, 0) is 6.54 Å². The second-order valence-corrected chi connectivity index (χ2v) is 5.53. The van der Waals surface area contributed by atoms with Gasteiger partial charge < -0.3 is 10.1 Å². The Morgan fingerprint density at radius 1 is 1.30 bits per heavy atom. The summed E-state index contributed by atoms with van der Waals surface area (Å²) in [5, 5.41) is 3.36. The average molecular weight is 338 g/mol. The van der Waals surface area contributed by atoms with Crippen molar-refractivity contribution in [2.45, 2.75) is 25.4 Å². The number of nitrogens with zero attached hydrogens (tertiary/aromatic N) is 2. The number of benzene rings is 1. The van der Waals surface area contributed by atoms with Crippen LogP contribution in [0.25, 0.3) is 0 Å². The van der Waals surface area contributed by atoms with Crippen LogP contribution < -0.4 is 10.1 Å². The maximum Gasteiger partial charge on any atom is 0.237 e. The lowest BCUT2D eigenvalue weighted by Crippen LogP contribution is -2.16. The van der Waals surface area contributed by atoms with Gasteiger partial charge in [0.15, 0.2) is 0 Å². The van der Waals surface area contributed by atoms with E-state index >= 15 is 0 Å². The van der Waals surface area contributed by atoms with Crippen LogP contribution in [0.4, 0.5) is 4.39 Å². The zero-order valence-corrected chi connectivity index (χ0v) is 12.2. The SMILES string of the molecule is Fc1ccc(Oc2cnc(CNC3CC3)cn2)c(Br)c1. The van der Waals surface area contributed by atoms with E-state index in [0.717, 1.165) is 12.2 Å². The normalized spacial score (nSPS) is 14.3. The Balaban J connectivity index is 1.64. The quantitative estimate of drug-likeness (QED) is 0.908. The van der Waals surface area contributed by atoms with Crippen LogP contribution in [0.3, 0.4) is 0 Å². The van der Waals surface area contributed by atoms with Crippen molar-refractivity contribution in [1.29, 1.82) is 0 Å². The summed E-state index contributed by atoms with van der Waals surface area (Å²) in [6, 6.07) is 4.87. The van der Waals surface area contributed by atoms with Crippen molar-refractivity contribution in [2.75, 3.05) is 0 Å².